The molecule has 4 heteroatoms. The maximum absolute atomic E-state index is 5.90. The Hall–Kier alpha value is -2.36. The average molecular weight is 287 g/mol. The molecule has 0 spiro atoms. The van der Waals surface area contributed by atoms with E-state index in [-0.39, 0.29) is 6.10 Å². The highest BCUT2D eigenvalue weighted by molar-refractivity contribution is 5.56. The Bertz CT molecular complexity index is 571. The van der Waals surface area contributed by atoms with E-state index in [9.17, 15) is 0 Å². The minimum atomic E-state index is -0.00814. The van der Waals surface area contributed by atoms with Gasteiger partial charge < -0.3 is 19.5 Å². The minimum Gasteiger partial charge on any atom is -0.495 e. The second-order valence-corrected chi connectivity index (χ2v) is 4.66. The predicted molar refractivity (Wildman–Crippen MR) is 84.6 cm³/mol. The van der Waals surface area contributed by atoms with Crippen molar-refractivity contribution < 1.29 is 14.2 Å². The van der Waals surface area contributed by atoms with Crippen molar-refractivity contribution in [3.63, 3.8) is 0 Å². The molecule has 2 aromatic carbocycles. The molecule has 0 radical (unpaired) electrons. The van der Waals surface area contributed by atoms with Crippen molar-refractivity contribution in [1.82, 2.24) is 0 Å². The molecule has 0 aliphatic carbocycles. The van der Waals surface area contributed by atoms with E-state index in [0.29, 0.717) is 6.54 Å². The quantitative estimate of drug-likeness (QED) is 0.845. The molecule has 0 heterocycles. The van der Waals surface area contributed by atoms with Crippen molar-refractivity contribution in [3.05, 3.63) is 48.5 Å². The van der Waals surface area contributed by atoms with Crippen molar-refractivity contribution in [2.45, 2.75) is 13.0 Å². The van der Waals surface area contributed by atoms with Gasteiger partial charge in [0.25, 0.3) is 0 Å². The number of hydrogen-bond donors (Lipinski definition) is 1. The summed E-state index contributed by atoms with van der Waals surface area (Å²) in [5.74, 6) is 2.30. The summed E-state index contributed by atoms with van der Waals surface area (Å²) in [6, 6.07) is 15.5. The lowest BCUT2D eigenvalue weighted by Crippen LogP contribution is -2.23. The number of anilines is 1. The van der Waals surface area contributed by atoms with Gasteiger partial charge in [0, 0.05) is 0 Å². The zero-order chi connectivity index (χ0) is 15.1. The summed E-state index contributed by atoms with van der Waals surface area (Å²) in [6.07, 6.45) is -0.00814. The first-order valence-corrected chi connectivity index (χ1v) is 6.91. The monoisotopic (exact) mass is 287 g/mol. The second kappa shape index (κ2) is 7.43. The largest absolute Gasteiger partial charge is 0.495 e. The standard InChI is InChI=1S/C17H21NO3/c1-13(21-17-11-7-6-10-16(17)20-3)12-18-14-8-4-5-9-15(14)19-2/h4-11,13,18H,12H2,1-3H3. The van der Waals surface area contributed by atoms with Crippen molar-refractivity contribution in [2.24, 2.45) is 0 Å². The summed E-state index contributed by atoms with van der Waals surface area (Å²) >= 11 is 0. The number of nitrogens with one attached hydrogen (secondary N) is 1. The summed E-state index contributed by atoms with van der Waals surface area (Å²) in [4.78, 5) is 0. The van der Waals surface area contributed by atoms with E-state index in [1.165, 1.54) is 0 Å². The summed E-state index contributed by atoms with van der Waals surface area (Å²) in [7, 11) is 3.30. The molecule has 0 saturated carbocycles. The first kappa shape index (κ1) is 15.0. The molecule has 0 saturated heterocycles. The van der Waals surface area contributed by atoms with E-state index in [1.54, 1.807) is 14.2 Å². The fraction of sp³-hybridized carbons (Fsp3) is 0.294. The van der Waals surface area contributed by atoms with Gasteiger partial charge in [0.15, 0.2) is 11.5 Å². The highest BCUT2D eigenvalue weighted by atomic mass is 16.5. The van der Waals surface area contributed by atoms with Gasteiger partial charge in [-0.25, -0.2) is 0 Å². The van der Waals surface area contributed by atoms with Crippen molar-refractivity contribution in [2.75, 3.05) is 26.1 Å². The van der Waals surface area contributed by atoms with Gasteiger partial charge in [0.2, 0.25) is 0 Å². The van der Waals surface area contributed by atoms with Gasteiger partial charge in [-0.3, -0.25) is 0 Å². The topological polar surface area (TPSA) is 39.7 Å². The smallest absolute Gasteiger partial charge is 0.161 e. The van der Waals surface area contributed by atoms with E-state index >= 15 is 0 Å². The van der Waals surface area contributed by atoms with E-state index < -0.39 is 0 Å². The highest BCUT2D eigenvalue weighted by Gasteiger charge is 2.09. The van der Waals surface area contributed by atoms with Crippen LogP contribution in [0.3, 0.4) is 0 Å². The molecule has 2 rings (SSSR count). The maximum atomic E-state index is 5.90. The zero-order valence-electron chi connectivity index (χ0n) is 12.6. The minimum absolute atomic E-state index is 0.00814. The first-order chi connectivity index (χ1) is 10.2. The molecule has 1 N–H and O–H groups in total. The third-order valence-electron chi connectivity index (χ3n) is 3.08. The Morgan fingerprint density at radius 1 is 0.857 bits per heavy atom. The van der Waals surface area contributed by atoms with Gasteiger partial charge in [-0.2, -0.15) is 0 Å². The predicted octanol–water partition coefficient (Wildman–Crippen LogP) is 3.58. The van der Waals surface area contributed by atoms with Crippen LogP contribution in [0.4, 0.5) is 5.69 Å². The first-order valence-electron chi connectivity index (χ1n) is 6.91. The van der Waals surface area contributed by atoms with E-state index in [0.717, 1.165) is 22.9 Å². The summed E-state index contributed by atoms with van der Waals surface area (Å²) in [5, 5.41) is 3.33. The molecule has 0 fully saturated rings. The number of benzene rings is 2. The maximum Gasteiger partial charge on any atom is 0.161 e. The van der Waals surface area contributed by atoms with Crippen LogP contribution in [-0.4, -0.2) is 26.9 Å². The highest BCUT2D eigenvalue weighted by Crippen LogP contribution is 2.27. The Labute approximate surface area is 125 Å². The molecule has 1 unspecified atom stereocenters. The molecular formula is C17H21NO3. The third-order valence-corrected chi connectivity index (χ3v) is 3.08. The fourth-order valence-corrected chi connectivity index (χ4v) is 2.02. The van der Waals surface area contributed by atoms with Gasteiger partial charge in [-0.05, 0) is 31.2 Å². The molecule has 1 atom stereocenters. The second-order valence-electron chi connectivity index (χ2n) is 4.66. The molecule has 0 amide bonds. The van der Waals surface area contributed by atoms with Gasteiger partial charge in [-0.15, -0.1) is 0 Å². The molecule has 0 aromatic heterocycles. The molecule has 0 aliphatic rings. The van der Waals surface area contributed by atoms with Crippen LogP contribution in [-0.2, 0) is 0 Å². The molecule has 0 bridgehead atoms. The Kier molecular flexibility index (Phi) is 5.32. The summed E-state index contributed by atoms with van der Waals surface area (Å²) < 4.78 is 16.5. The van der Waals surface area contributed by atoms with Crippen LogP contribution < -0.4 is 19.5 Å². The average Bonchev–Trinajstić information content (AvgIpc) is 2.53. The van der Waals surface area contributed by atoms with Crippen LogP contribution in [0.5, 0.6) is 17.2 Å². The van der Waals surface area contributed by atoms with Crippen LogP contribution in [0.15, 0.2) is 48.5 Å². The number of rotatable bonds is 7. The Balaban J connectivity index is 1.94. The molecule has 2 aromatic rings. The molecule has 4 nitrogen and oxygen atoms in total. The Morgan fingerprint density at radius 2 is 1.43 bits per heavy atom. The lowest BCUT2D eigenvalue weighted by atomic mass is 10.2. The van der Waals surface area contributed by atoms with E-state index in [2.05, 4.69) is 5.32 Å². The van der Waals surface area contributed by atoms with Gasteiger partial charge in [0.1, 0.15) is 11.9 Å². The lowest BCUT2D eigenvalue weighted by Gasteiger charge is -2.18. The SMILES string of the molecule is COc1ccccc1NCC(C)Oc1ccccc1OC. The fourth-order valence-electron chi connectivity index (χ4n) is 2.02. The molecular weight excluding hydrogens is 266 g/mol. The van der Waals surface area contributed by atoms with Crippen LogP contribution in [0.2, 0.25) is 0 Å². The molecule has 0 aliphatic heterocycles. The number of methoxy groups -OCH3 is 2. The van der Waals surface area contributed by atoms with Gasteiger partial charge >= 0.3 is 0 Å². The normalized spacial score (nSPS) is 11.6. The van der Waals surface area contributed by atoms with Crippen LogP contribution in [0.25, 0.3) is 0 Å². The number of hydrogen-bond acceptors (Lipinski definition) is 4. The number of para-hydroxylation sites is 4. The van der Waals surface area contributed by atoms with Crippen LogP contribution >= 0.6 is 0 Å². The van der Waals surface area contributed by atoms with Gasteiger partial charge in [0.05, 0.1) is 26.5 Å². The van der Waals surface area contributed by atoms with Crippen molar-refractivity contribution >= 4 is 5.69 Å². The Morgan fingerprint density at radius 3 is 2.10 bits per heavy atom. The summed E-state index contributed by atoms with van der Waals surface area (Å²) in [5.41, 5.74) is 0.954. The number of ether oxygens (including phenoxy) is 3. The van der Waals surface area contributed by atoms with E-state index in [4.69, 9.17) is 14.2 Å². The molecule has 112 valence electrons. The van der Waals surface area contributed by atoms with Crippen molar-refractivity contribution in [1.29, 1.82) is 0 Å². The van der Waals surface area contributed by atoms with Gasteiger partial charge in [-0.1, -0.05) is 24.3 Å². The third kappa shape index (κ3) is 4.05. The summed E-state index contributed by atoms with van der Waals surface area (Å²) in [6.45, 7) is 2.67. The molecule has 21 heavy (non-hydrogen) atoms. The van der Waals surface area contributed by atoms with Crippen LogP contribution in [0.1, 0.15) is 6.92 Å². The van der Waals surface area contributed by atoms with Crippen LogP contribution in [0, 0.1) is 0 Å². The zero-order valence-corrected chi connectivity index (χ0v) is 12.6. The lowest BCUT2D eigenvalue weighted by molar-refractivity contribution is 0.223. The van der Waals surface area contributed by atoms with E-state index in [1.807, 2.05) is 55.5 Å². The van der Waals surface area contributed by atoms with Crippen molar-refractivity contribution in [3.8, 4) is 17.2 Å².